The van der Waals surface area contributed by atoms with Gasteiger partial charge in [-0.3, -0.25) is 4.79 Å². The molecule has 5 rings (SSSR count). The van der Waals surface area contributed by atoms with Gasteiger partial charge in [-0.25, -0.2) is 0 Å². The number of methoxy groups -OCH3 is 1. The Kier molecular flexibility index (Phi) is 3.95. The van der Waals surface area contributed by atoms with Gasteiger partial charge in [-0.05, 0) is 48.7 Å². The summed E-state index contributed by atoms with van der Waals surface area (Å²) in [5.74, 6) is 1.18. The minimum absolute atomic E-state index is 0.0656. The smallest absolute Gasteiger partial charge is 0.187 e. The third-order valence-electron chi connectivity index (χ3n) is 6.05. The van der Waals surface area contributed by atoms with Crippen LogP contribution in [-0.2, 0) is 6.54 Å². The molecule has 2 aromatic carbocycles. The van der Waals surface area contributed by atoms with Crippen LogP contribution in [0.4, 0.5) is 0 Å². The van der Waals surface area contributed by atoms with Crippen molar-refractivity contribution in [2.75, 3.05) is 7.11 Å². The monoisotopic (exact) mass is 389 g/mol. The third-order valence-corrected chi connectivity index (χ3v) is 7.41. The molecule has 1 aromatic heterocycles. The van der Waals surface area contributed by atoms with Gasteiger partial charge in [-0.2, -0.15) is 0 Å². The Morgan fingerprint density at radius 2 is 1.86 bits per heavy atom. The predicted octanol–water partition coefficient (Wildman–Crippen LogP) is 5.49. The summed E-state index contributed by atoms with van der Waals surface area (Å²) >= 11 is 1.86. The van der Waals surface area contributed by atoms with Gasteiger partial charge in [0.05, 0.1) is 18.7 Å². The number of hydrogen-bond acceptors (Lipinski definition) is 3. The molecule has 2 atom stereocenters. The number of nitrogens with zero attached hydrogens (tertiary/aromatic N) is 1. The van der Waals surface area contributed by atoms with Crippen LogP contribution in [0.3, 0.4) is 0 Å². The molecule has 0 bridgehead atoms. The molecule has 1 aliphatic carbocycles. The van der Waals surface area contributed by atoms with Crippen molar-refractivity contribution < 1.29 is 9.53 Å². The normalized spacial score (nSPS) is 21.8. The van der Waals surface area contributed by atoms with Crippen molar-refractivity contribution in [3.05, 3.63) is 83.2 Å². The lowest BCUT2D eigenvalue weighted by Crippen LogP contribution is -2.33. The molecule has 0 unspecified atom stereocenters. The van der Waals surface area contributed by atoms with Crippen LogP contribution in [0, 0.1) is 0 Å². The molecule has 142 valence electrons. The molecule has 3 aromatic rings. The fourth-order valence-electron chi connectivity index (χ4n) is 4.84. The van der Waals surface area contributed by atoms with Crippen LogP contribution in [0.5, 0.6) is 5.75 Å². The Balaban J connectivity index is 1.61. The van der Waals surface area contributed by atoms with Crippen molar-refractivity contribution in [3.8, 4) is 5.75 Å². The summed E-state index contributed by atoms with van der Waals surface area (Å²) in [6, 6.07) is 18.6. The second kappa shape index (κ2) is 6.28. The van der Waals surface area contributed by atoms with E-state index in [0.717, 1.165) is 23.6 Å². The minimum Gasteiger partial charge on any atom is -0.497 e. The molecule has 0 N–H and O–H groups in total. The molecular formula is C24H23NO2S. The van der Waals surface area contributed by atoms with Crippen LogP contribution in [0.25, 0.3) is 0 Å². The number of Topliss-reactive ketones (excluding diaryl/α,β-unsaturated/α-hetero) is 1. The number of benzene rings is 2. The number of carbonyl (C=O) groups is 1. The van der Waals surface area contributed by atoms with Crippen LogP contribution in [0.1, 0.15) is 52.9 Å². The van der Waals surface area contributed by atoms with Gasteiger partial charge in [0.25, 0.3) is 0 Å². The van der Waals surface area contributed by atoms with Crippen molar-refractivity contribution in [1.29, 1.82) is 0 Å². The molecule has 3 nitrogen and oxygen atoms in total. The lowest BCUT2D eigenvalue weighted by atomic mass is 9.78. The molecule has 0 fully saturated rings. The first-order chi connectivity index (χ1) is 13.5. The summed E-state index contributed by atoms with van der Waals surface area (Å²) in [6.07, 6.45) is 2.08. The number of aromatic nitrogens is 1. The summed E-state index contributed by atoms with van der Waals surface area (Å²) < 4.78 is 7.49. The largest absolute Gasteiger partial charge is 0.497 e. The maximum Gasteiger partial charge on any atom is 0.187 e. The topological polar surface area (TPSA) is 31.2 Å². The van der Waals surface area contributed by atoms with Crippen LogP contribution in [0.2, 0.25) is 0 Å². The van der Waals surface area contributed by atoms with Gasteiger partial charge < -0.3 is 9.30 Å². The Labute approximate surface area is 169 Å². The minimum atomic E-state index is -0.106. The average molecular weight is 390 g/mol. The van der Waals surface area contributed by atoms with Crippen molar-refractivity contribution in [2.24, 2.45) is 0 Å². The van der Waals surface area contributed by atoms with E-state index in [9.17, 15) is 4.79 Å². The molecule has 4 heteroatoms. The SMILES string of the molecule is COc1ccc2c(c1)SC(C)(C)[C@H]1c3ccn(Cc4ccccc4)c3C(=O)[C@@H]21. The maximum absolute atomic E-state index is 13.6. The Morgan fingerprint density at radius 3 is 2.61 bits per heavy atom. The number of thioether (sulfide) groups is 1. The van der Waals surface area contributed by atoms with Crippen molar-refractivity contribution >= 4 is 17.5 Å². The molecule has 2 heterocycles. The summed E-state index contributed by atoms with van der Waals surface area (Å²) in [7, 11) is 1.69. The first-order valence-electron chi connectivity index (χ1n) is 9.64. The molecular weight excluding hydrogens is 366 g/mol. The van der Waals surface area contributed by atoms with Crippen molar-refractivity contribution in [3.63, 3.8) is 0 Å². The summed E-state index contributed by atoms with van der Waals surface area (Å²) in [5, 5.41) is 0. The van der Waals surface area contributed by atoms with E-state index in [2.05, 4.69) is 54.9 Å². The van der Waals surface area contributed by atoms with Crippen molar-refractivity contribution in [2.45, 2.75) is 41.9 Å². The highest BCUT2D eigenvalue weighted by atomic mass is 32.2. The molecule has 0 amide bonds. The van der Waals surface area contributed by atoms with E-state index < -0.39 is 0 Å². The molecule has 28 heavy (non-hydrogen) atoms. The molecule has 0 saturated heterocycles. The number of ketones is 1. The van der Waals surface area contributed by atoms with Crippen LogP contribution < -0.4 is 4.74 Å². The van der Waals surface area contributed by atoms with E-state index in [1.807, 2.05) is 36.0 Å². The Morgan fingerprint density at radius 1 is 1.07 bits per heavy atom. The van der Waals surface area contributed by atoms with Gasteiger partial charge in [0.1, 0.15) is 5.75 Å². The van der Waals surface area contributed by atoms with Crippen LogP contribution in [-0.4, -0.2) is 22.2 Å². The fraction of sp³-hybridized carbons (Fsp3) is 0.292. The zero-order valence-corrected chi connectivity index (χ0v) is 17.1. The molecule has 0 spiro atoms. The molecule has 2 aliphatic rings. The summed E-state index contributed by atoms with van der Waals surface area (Å²) in [6.45, 7) is 5.24. The van der Waals surface area contributed by atoms with Gasteiger partial charge in [-0.15, -0.1) is 11.8 Å². The number of hydrogen-bond donors (Lipinski definition) is 0. The van der Waals surface area contributed by atoms with E-state index in [0.29, 0.717) is 0 Å². The average Bonchev–Trinajstić information content (AvgIpc) is 3.21. The highest BCUT2D eigenvalue weighted by Gasteiger charge is 2.53. The second-order valence-electron chi connectivity index (χ2n) is 8.16. The zero-order valence-electron chi connectivity index (χ0n) is 16.3. The predicted molar refractivity (Wildman–Crippen MR) is 113 cm³/mol. The number of ether oxygens (including phenoxy) is 1. The van der Waals surface area contributed by atoms with Gasteiger partial charge >= 0.3 is 0 Å². The van der Waals surface area contributed by atoms with Gasteiger partial charge in [0.15, 0.2) is 5.78 Å². The van der Waals surface area contributed by atoms with Crippen LogP contribution >= 0.6 is 11.8 Å². The lowest BCUT2D eigenvalue weighted by Gasteiger charge is -2.40. The first kappa shape index (κ1) is 17.6. The van der Waals surface area contributed by atoms with Gasteiger partial charge in [-0.1, -0.05) is 36.4 Å². The van der Waals surface area contributed by atoms with Crippen molar-refractivity contribution in [1.82, 2.24) is 4.57 Å². The van der Waals surface area contributed by atoms with Gasteiger partial charge in [0.2, 0.25) is 0 Å². The van der Waals surface area contributed by atoms with E-state index in [1.165, 1.54) is 16.0 Å². The molecule has 1 aliphatic heterocycles. The Hall–Kier alpha value is -2.46. The fourth-order valence-corrected chi connectivity index (χ4v) is 6.29. The standard InChI is InChI=1S/C24H23NO2S/c1-24(2)21-18-11-12-25(14-15-7-5-4-6-8-15)22(18)23(26)20(21)17-10-9-16(27-3)13-19(17)28-24/h4-13,20-21H,14H2,1-3H3/t20-,21-/m0/s1. The molecule has 0 saturated carbocycles. The molecule has 0 radical (unpaired) electrons. The highest BCUT2D eigenvalue weighted by molar-refractivity contribution is 8.00. The second-order valence-corrected chi connectivity index (χ2v) is 9.86. The Bertz CT molecular complexity index is 1070. The lowest BCUT2D eigenvalue weighted by molar-refractivity contribution is 0.0949. The van der Waals surface area contributed by atoms with E-state index in [1.54, 1.807) is 7.11 Å². The zero-order chi connectivity index (χ0) is 19.5. The van der Waals surface area contributed by atoms with E-state index >= 15 is 0 Å². The highest BCUT2D eigenvalue weighted by Crippen LogP contribution is 2.61. The van der Waals surface area contributed by atoms with Crippen LogP contribution in [0.15, 0.2) is 65.7 Å². The summed E-state index contributed by atoms with van der Waals surface area (Å²) in [4.78, 5) is 14.8. The first-order valence-corrected chi connectivity index (χ1v) is 10.5. The number of rotatable bonds is 3. The summed E-state index contributed by atoms with van der Waals surface area (Å²) in [5.41, 5.74) is 4.44. The van der Waals surface area contributed by atoms with E-state index in [4.69, 9.17) is 4.74 Å². The third kappa shape index (κ3) is 2.55. The number of carbonyl (C=O) groups excluding carboxylic acids is 1. The van der Waals surface area contributed by atoms with Gasteiger partial charge in [0, 0.05) is 28.3 Å². The quantitative estimate of drug-likeness (QED) is 0.593. The van der Waals surface area contributed by atoms with E-state index in [-0.39, 0.29) is 22.4 Å². The maximum atomic E-state index is 13.6. The number of fused-ring (bicyclic) bond motifs is 5.